The van der Waals surface area contributed by atoms with Crippen LogP contribution in [-0.4, -0.2) is 37.6 Å². The van der Waals surface area contributed by atoms with Gasteiger partial charge in [0.2, 0.25) is 0 Å². The van der Waals surface area contributed by atoms with Crippen LogP contribution in [-0.2, 0) is 0 Å². The minimum absolute atomic E-state index is 0.0802. The molecule has 0 aliphatic heterocycles. The van der Waals surface area contributed by atoms with Crippen LogP contribution in [0.4, 0.5) is 4.39 Å². The van der Waals surface area contributed by atoms with E-state index in [9.17, 15) is 9.50 Å². The Morgan fingerprint density at radius 1 is 1.26 bits per heavy atom. The van der Waals surface area contributed by atoms with Crippen LogP contribution in [0.5, 0.6) is 5.75 Å². The maximum Gasteiger partial charge on any atom is 0.142 e. The number of halogens is 2. The fourth-order valence-corrected chi connectivity index (χ4v) is 5.62. The van der Waals surface area contributed by atoms with Crippen molar-refractivity contribution in [2.45, 2.75) is 64.5 Å². The van der Waals surface area contributed by atoms with Crippen LogP contribution >= 0.6 is 11.6 Å². The Hall–Kier alpha value is -2.90. The lowest BCUT2D eigenvalue weighted by Crippen LogP contribution is -2.22. The number of aliphatic hydroxyl groups is 1. The number of aromatic nitrogens is 4. The van der Waals surface area contributed by atoms with Crippen molar-refractivity contribution in [3.05, 3.63) is 64.5 Å². The molecule has 6 nitrogen and oxygen atoms in total. The van der Waals surface area contributed by atoms with Crippen LogP contribution in [0.2, 0.25) is 5.02 Å². The average Bonchev–Trinajstić information content (AvgIpc) is 3.45. The lowest BCUT2D eigenvalue weighted by molar-refractivity contribution is 0.107. The number of rotatable bonds is 6. The third-order valence-electron chi connectivity index (χ3n) is 7.22. The first-order valence-corrected chi connectivity index (χ1v) is 12.6. The number of nitrogens with one attached hydrogen (secondary N) is 1. The zero-order valence-corrected chi connectivity index (χ0v) is 20.9. The molecular formula is C27H30ClFN4O2. The molecule has 0 spiro atoms. The molecule has 1 atom stereocenters. The highest BCUT2D eigenvalue weighted by Crippen LogP contribution is 2.41. The van der Waals surface area contributed by atoms with Gasteiger partial charge in [0.1, 0.15) is 17.2 Å². The second kappa shape index (κ2) is 9.63. The van der Waals surface area contributed by atoms with E-state index in [2.05, 4.69) is 27.6 Å². The first-order chi connectivity index (χ1) is 16.9. The molecule has 0 bridgehead atoms. The van der Waals surface area contributed by atoms with E-state index < -0.39 is 5.82 Å². The zero-order chi connectivity index (χ0) is 24.7. The van der Waals surface area contributed by atoms with Gasteiger partial charge in [-0.3, -0.25) is 4.68 Å². The molecular weight excluding hydrogens is 467 g/mol. The van der Waals surface area contributed by atoms with Gasteiger partial charge in [0.25, 0.3) is 0 Å². The molecule has 184 valence electrons. The van der Waals surface area contributed by atoms with Crippen molar-refractivity contribution >= 4 is 22.6 Å². The standard InChI is InChI=1S/C27H30ClFN4O2/c1-4-35-24-10-9-23(29)26(28)25(24)15(2)21-13-31-27-20(21)11-17(12-30-27)22-14-32-33(16(22)3)18-5-7-19(34)8-6-18/h9-15,18-19,34H,4-8H2,1-3H3,(H,30,31)/t15-,18?,19?/m0/s1. The van der Waals surface area contributed by atoms with E-state index in [1.165, 1.54) is 6.07 Å². The molecule has 1 aliphatic rings. The van der Waals surface area contributed by atoms with Gasteiger partial charge in [-0.05, 0) is 63.3 Å². The number of hydrogen-bond acceptors (Lipinski definition) is 4. The summed E-state index contributed by atoms with van der Waals surface area (Å²) in [6.45, 7) is 6.44. The van der Waals surface area contributed by atoms with E-state index in [0.717, 1.165) is 59.1 Å². The first kappa shape index (κ1) is 23.8. The third-order valence-corrected chi connectivity index (χ3v) is 7.61. The largest absolute Gasteiger partial charge is 0.494 e. The molecule has 3 heterocycles. The Kier molecular flexibility index (Phi) is 6.55. The summed E-state index contributed by atoms with van der Waals surface area (Å²) in [5.74, 6) is -0.100. The molecule has 8 heteroatoms. The maximum absolute atomic E-state index is 14.4. The van der Waals surface area contributed by atoms with Crippen LogP contribution in [0.1, 0.15) is 68.3 Å². The van der Waals surface area contributed by atoms with E-state index >= 15 is 0 Å². The molecule has 2 N–H and O–H groups in total. The van der Waals surface area contributed by atoms with Crippen molar-refractivity contribution in [3.8, 4) is 16.9 Å². The number of ether oxygens (including phenoxy) is 1. The molecule has 0 unspecified atom stereocenters. The summed E-state index contributed by atoms with van der Waals surface area (Å²) in [4.78, 5) is 7.91. The minimum atomic E-state index is -0.464. The lowest BCUT2D eigenvalue weighted by atomic mass is 9.91. The quantitative estimate of drug-likeness (QED) is 0.317. The van der Waals surface area contributed by atoms with Gasteiger partial charge in [0.15, 0.2) is 0 Å². The van der Waals surface area contributed by atoms with Crippen LogP contribution in [0.3, 0.4) is 0 Å². The molecule has 1 aromatic carbocycles. The smallest absolute Gasteiger partial charge is 0.142 e. The molecule has 35 heavy (non-hydrogen) atoms. The summed E-state index contributed by atoms with van der Waals surface area (Å²) in [6, 6.07) is 5.39. The topological polar surface area (TPSA) is 76.0 Å². The Labute approximate surface area is 209 Å². The predicted octanol–water partition coefficient (Wildman–Crippen LogP) is 6.55. The summed E-state index contributed by atoms with van der Waals surface area (Å²) in [5, 5.41) is 15.6. The number of aliphatic hydroxyl groups excluding tert-OH is 1. The van der Waals surface area contributed by atoms with Gasteiger partial charge in [-0.15, -0.1) is 0 Å². The molecule has 0 radical (unpaired) electrons. The summed E-state index contributed by atoms with van der Waals surface area (Å²) in [6.07, 6.45) is 8.94. The molecule has 5 rings (SSSR count). The first-order valence-electron chi connectivity index (χ1n) is 12.2. The third kappa shape index (κ3) is 4.32. The number of pyridine rings is 1. The van der Waals surface area contributed by atoms with Crippen molar-refractivity contribution in [1.29, 1.82) is 0 Å². The van der Waals surface area contributed by atoms with Crippen molar-refractivity contribution in [3.63, 3.8) is 0 Å². The summed E-state index contributed by atoms with van der Waals surface area (Å²) >= 11 is 6.42. The highest BCUT2D eigenvalue weighted by Gasteiger charge is 2.25. The molecule has 1 fully saturated rings. The van der Waals surface area contributed by atoms with Crippen molar-refractivity contribution < 1.29 is 14.2 Å². The van der Waals surface area contributed by atoms with Crippen LogP contribution in [0.25, 0.3) is 22.2 Å². The highest BCUT2D eigenvalue weighted by molar-refractivity contribution is 6.31. The van der Waals surface area contributed by atoms with E-state index in [0.29, 0.717) is 24.0 Å². The van der Waals surface area contributed by atoms with Gasteiger partial charge in [-0.1, -0.05) is 18.5 Å². The Morgan fingerprint density at radius 2 is 2.03 bits per heavy atom. The Bertz CT molecular complexity index is 1360. The van der Waals surface area contributed by atoms with Gasteiger partial charge in [-0.25, -0.2) is 9.37 Å². The second-order valence-electron chi connectivity index (χ2n) is 9.34. The minimum Gasteiger partial charge on any atom is -0.494 e. The fourth-order valence-electron chi connectivity index (χ4n) is 5.30. The van der Waals surface area contributed by atoms with Gasteiger partial charge >= 0.3 is 0 Å². The molecule has 1 aliphatic carbocycles. The number of fused-ring (bicyclic) bond motifs is 1. The summed E-state index contributed by atoms with van der Waals surface area (Å²) < 4.78 is 22.3. The predicted molar refractivity (Wildman–Crippen MR) is 136 cm³/mol. The molecule has 4 aromatic rings. The number of hydrogen-bond donors (Lipinski definition) is 2. The van der Waals surface area contributed by atoms with Gasteiger partial charge in [0.05, 0.1) is 30.0 Å². The van der Waals surface area contributed by atoms with Crippen LogP contribution in [0, 0.1) is 12.7 Å². The van der Waals surface area contributed by atoms with Crippen molar-refractivity contribution in [2.75, 3.05) is 6.61 Å². The Morgan fingerprint density at radius 3 is 2.77 bits per heavy atom. The summed E-state index contributed by atoms with van der Waals surface area (Å²) in [7, 11) is 0. The van der Waals surface area contributed by atoms with Crippen LogP contribution in [0.15, 0.2) is 36.8 Å². The second-order valence-corrected chi connectivity index (χ2v) is 9.72. The van der Waals surface area contributed by atoms with Gasteiger partial charge < -0.3 is 14.8 Å². The van der Waals surface area contributed by atoms with Crippen molar-refractivity contribution in [1.82, 2.24) is 19.7 Å². The normalized spacial score (nSPS) is 19.3. The molecule has 0 amide bonds. The Balaban J connectivity index is 1.53. The van der Waals surface area contributed by atoms with E-state index in [4.69, 9.17) is 21.4 Å². The number of aromatic amines is 1. The highest BCUT2D eigenvalue weighted by atomic mass is 35.5. The molecule has 3 aromatic heterocycles. The SMILES string of the molecule is CCOc1ccc(F)c(Cl)c1[C@@H](C)c1c[nH]c2ncc(-c3cnn(C4CCC(O)CC4)c3C)cc12. The maximum atomic E-state index is 14.4. The van der Waals surface area contributed by atoms with Gasteiger partial charge in [-0.2, -0.15) is 5.10 Å². The number of nitrogens with zero attached hydrogens (tertiary/aromatic N) is 3. The van der Waals surface area contributed by atoms with E-state index in [-0.39, 0.29) is 17.0 Å². The van der Waals surface area contributed by atoms with Crippen molar-refractivity contribution in [2.24, 2.45) is 0 Å². The van der Waals surface area contributed by atoms with Crippen LogP contribution < -0.4 is 4.74 Å². The average molecular weight is 497 g/mol. The molecule has 0 saturated heterocycles. The van der Waals surface area contributed by atoms with E-state index in [1.54, 1.807) is 6.07 Å². The monoisotopic (exact) mass is 496 g/mol. The number of H-pyrrole nitrogens is 1. The number of benzene rings is 1. The van der Waals surface area contributed by atoms with Gasteiger partial charge in [0, 0.05) is 46.1 Å². The summed E-state index contributed by atoms with van der Waals surface area (Å²) in [5.41, 5.74) is 5.44. The zero-order valence-electron chi connectivity index (χ0n) is 20.2. The molecule has 1 saturated carbocycles. The fraction of sp³-hybridized carbons (Fsp3) is 0.407. The lowest BCUT2D eigenvalue weighted by Gasteiger charge is -2.26. The van der Waals surface area contributed by atoms with E-state index in [1.807, 2.05) is 32.4 Å².